The van der Waals surface area contributed by atoms with Gasteiger partial charge in [-0.1, -0.05) is 0 Å². The molecule has 0 rings (SSSR count). The maximum absolute atomic E-state index is 11.6. The molecule has 0 spiro atoms. The first-order valence-electron chi connectivity index (χ1n) is 6.21. The fourth-order valence-corrected chi connectivity index (χ4v) is 1.19. The fourth-order valence-electron chi connectivity index (χ4n) is 1.19. The van der Waals surface area contributed by atoms with E-state index in [1.807, 2.05) is 13.8 Å². The first kappa shape index (κ1) is 16.9. The van der Waals surface area contributed by atoms with E-state index >= 15 is 0 Å². The zero-order valence-electron chi connectivity index (χ0n) is 11.8. The third-order valence-corrected chi connectivity index (χ3v) is 2.60. The number of hydrogen-bond donors (Lipinski definition) is 2. The molecule has 0 aromatic heterocycles. The average molecular weight is 259 g/mol. The molecule has 6 nitrogen and oxygen atoms in total. The molecule has 0 aromatic carbocycles. The molecular formula is C12H25N3O3. The Labute approximate surface area is 109 Å². The number of rotatable bonds is 9. The van der Waals surface area contributed by atoms with Gasteiger partial charge in [0.1, 0.15) is 0 Å². The van der Waals surface area contributed by atoms with Crippen LogP contribution in [0.15, 0.2) is 0 Å². The van der Waals surface area contributed by atoms with Crippen molar-refractivity contribution in [2.45, 2.75) is 26.3 Å². The smallest absolute Gasteiger partial charge is 0.236 e. The summed E-state index contributed by atoms with van der Waals surface area (Å²) in [5, 5.41) is 5.67. The fraction of sp³-hybridized carbons (Fsp3) is 0.833. The highest BCUT2D eigenvalue weighted by Crippen LogP contribution is 1.92. The zero-order chi connectivity index (χ0) is 14.0. The zero-order valence-corrected chi connectivity index (χ0v) is 11.8. The Morgan fingerprint density at radius 1 is 1.28 bits per heavy atom. The molecule has 0 unspecified atom stereocenters. The molecule has 2 amide bonds. The highest BCUT2D eigenvalue weighted by atomic mass is 16.5. The van der Waals surface area contributed by atoms with E-state index in [0.29, 0.717) is 26.1 Å². The van der Waals surface area contributed by atoms with Gasteiger partial charge < -0.3 is 20.3 Å². The number of nitrogens with one attached hydrogen (secondary N) is 2. The second-order valence-corrected chi connectivity index (χ2v) is 4.37. The molecule has 0 fully saturated rings. The van der Waals surface area contributed by atoms with E-state index in [9.17, 15) is 9.59 Å². The molecule has 0 aliphatic carbocycles. The number of ether oxygens (including phenoxy) is 1. The number of hydrogen-bond acceptors (Lipinski definition) is 4. The van der Waals surface area contributed by atoms with Gasteiger partial charge in [0.05, 0.1) is 13.2 Å². The van der Waals surface area contributed by atoms with Gasteiger partial charge in [-0.2, -0.15) is 0 Å². The molecule has 0 radical (unpaired) electrons. The molecule has 0 bridgehead atoms. The minimum atomic E-state index is -0.0378. The molecule has 0 heterocycles. The van der Waals surface area contributed by atoms with Gasteiger partial charge in [-0.25, -0.2) is 0 Å². The number of likely N-dealkylation sites (N-methyl/N-ethyl adjacent to an activating group) is 1. The second-order valence-electron chi connectivity index (χ2n) is 4.37. The van der Waals surface area contributed by atoms with Gasteiger partial charge in [-0.15, -0.1) is 0 Å². The van der Waals surface area contributed by atoms with Crippen LogP contribution in [0, 0.1) is 0 Å². The van der Waals surface area contributed by atoms with Crippen molar-refractivity contribution >= 4 is 11.8 Å². The van der Waals surface area contributed by atoms with Crippen LogP contribution in [0.25, 0.3) is 0 Å². The van der Waals surface area contributed by atoms with Gasteiger partial charge in [0.2, 0.25) is 11.8 Å². The standard InChI is InChI=1S/C12H25N3O3/c1-10(2)15(3)12(17)9-13-6-5-11(16)14-7-8-18-4/h10,13H,5-9H2,1-4H3,(H,14,16). The Kier molecular flexibility index (Phi) is 9.22. The molecule has 18 heavy (non-hydrogen) atoms. The Bertz CT molecular complexity index is 257. The van der Waals surface area contributed by atoms with Crippen molar-refractivity contribution in [1.82, 2.24) is 15.5 Å². The van der Waals surface area contributed by atoms with Gasteiger partial charge >= 0.3 is 0 Å². The summed E-state index contributed by atoms with van der Waals surface area (Å²) in [6, 6.07) is 0.191. The van der Waals surface area contributed by atoms with Crippen molar-refractivity contribution in [3.05, 3.63) is 0 Å². The predicted molar refractivity (Wildman–Crippen MR) is 70.3 cm³/mol. The maximum atomic E-state index is 11.6. The van der Waals surface area contributed by atoms with E-state index < -0.39 is 0 Å². The first-order valence-corrected chi connectivity index (χ1v) is 6.21. The second kappa shape index (κ2) is 9.85. The highest BCUT2D eigenvalue weighted by molar-refractivity contribution is 5.78. The van der Waals surface area contributed by atoms with Crippen LogP contribution in [-0.2, 0) is 14.3 Å². The largest absolute Gasteiger partial charge is 0.383 e. The highest BCUT2D eigenvalue weighted by Gasteiger charge is 2.10. The summed E-state index contributed by atoms with van der Waals surface area (Å²) in [6.45, 7) is 5.71. The van der Waals surface area contributed by atoms with Crippen LogP contribution in [0.4, 0.5) is 0 Å². The van der Waals surface area contributed by atoms with Crippen LogP contribution >= 0.6 is 0 Å². The van der Waals surface area contributed by atoms with Gasteiger partial charge in [0.15, 0.2) is 0 Å². The van der Waals surface area contributed by atoms with Crippen molar-refractivity contribution in [3.63, 3.8) is 0 Å². The SMILES string of the molecule is COCCNC(=O)CCNCC(=O)N(C)C(C)C. The Morgan fingerprint density at radius 3 is 2.50 bits per heavy atom. The Balaban J connectivity index is 3.55. The monoisotopic (exact) mass is 259 g/mol. The van der Waals surface area contributed by atoms with Gasteiger partial charge in [0.25, 0.3) is 0 Å². The molecule has 0 aromatic rings. The van der Waals surface area contributed by atoms with Crippen LogP contribution in [-0.4, -0.2) is 63.2 Å². The van der Waals surface area contributed by atoms with E-state index in [1.165, 1.54) is 0 Å². The maximum Gasteiger partial charge on any atom is 0.236 e. The number of methoxy groups -OCH3 is 1. The summed E-state index contributed by atoms with van der Waals surface area (Å²) < 4.78 is 4.82. The quantitative estimate of drug-likeness (QED) is 0.553. The Morgan fingerprint density at radius 2 is 1.94 bits per heavy atom. The summed E-state index contributed by atoms with van der Waals surface area (Å²) in [5.41, 5.74) is 0. The third-order valence-electron chi connectivity index (χ3n) is 2.60. The lowest BCUT2D eigenvalue weighted by Crippen LogP contribution is -2.40. The molecule has 0 aliphatic heterocycles. The lowest BCUT2D eigenvalue weighted by atomic mass is 10.3. The third kappa shape index (κ3) is 8.03. The first-order chi connectivity index (χ1) is 8.49. The predicted octanol–water partition coefficient (Wildman–Crippen LogP) is -0.404. The van der Waals surface area contributed by atoms with E-state index in [-0.39, 0.29) is 24.4 Å². The lowest BCUT2D eigenvalue weighted by molar-refractivity contribution is -0.130. The van der Waals surface area contributed by atoms with E-state index in [0.717, 1.165) is 0 Å². The van der Waals surface area contributed by atoms with Crippen LogP contribution in [0.2, 0.25) is 0 Å². The lowest BCUT2D eigenvalue weighted by Gasteiger charge is -2.21. The van der Waals surface area contributed by atoms with Gasteiger partial charge in [-0.05, 0) is 13.8 Å². The summed E-state index contributed by atoms with van der Waals surface area (Å²) >= 11 is 0. The van der Waals surface area contributed by atoms with Crippen molar-refractivity contribution in [1.29, 1.82) is 0 Å². The molecule has 0 saturated carbocycles. The van der Waals surface area contributed by atoms with Gasteiger partial charge in [-0.3, -0.25) is 9.59 Å². The van der Waals surface area contributed by atoms with Gasteiger partial charge in [0, 0.05) is 39.7 Å². The van der Waals surface area contributed by atoms with Crippen molar-refractivity contribution in [2.75, 3.05) is 40.4 Å². The van der Waals surface area contributed by atoms with Crippen LogP contribution < -0.4 is 10.6 Å². The molecule has 2 N–H and O–H groups in total. The summed E-state index contributed by atoms with van der Waals surface area (Å²) in [6.07, 6.45) is 0.363. The molecular weight excluding hydrogens is 234 g/mol. The van der Waals surface area contributed by atoms with Crippen LogP contribution in [0.3, 0.4) is 0 Å². The minimum absolute atomic E-state index is 0.0322. The number of nitrogens with zero attached hydrogens (tertiary/aromatic N) is 1. The topological polar surface area (TPSA) is 70.7 Å². The van der Waals surface area contributed by atoms with Crippen LogP contribution in [0.5, 0.6) is 0 Å². The van der Waals surface area contributed by atoms with Crippen LogP contribution in [0.1, 0.15) is 20.3 Å². The normalized spacial score (nSPS) is 10.5. The average Bonchev–Trinajstić information content (AvgIpc) is 2.33. The number of carbonyl (C=O) groups excluding carboxylic acids is 2. The Hall–Kier alpha value is -1.14. The minimum Gasteiger partial charge on any atom is -0.383 e. The summed E-state index contributed by atoms with van der Waals surface area (Å²) in [5.74, 6) is -0.00555. The van der Waals surface area contributed by atoms with Crippen molar-refractivity contribution in [3.8, 4) is 0 Å². The molecule has 0 saturated heterocycles. The number of carbonyl (C=O) groups is 2. The summed E-state index contributed by atoms with van der Waals surface area (Å²) in [7, 11) is 3.36. The van der Waals surface area contributed by atoms with E-state index in [4.69, 9.17) is 4.74 Å². The molecule has 0 aliphatic rings. The molecule has 6 heteroatoms. The summed E-state index contributed by atoms with van der Waals surface area (Å²) in [4.78, 5) is 24.6. The van der Waals surface area contributed by atoms with E-state index in [1.54, 1.807) is 19.1 Å². The van der Waals surface area contributed by atoms with Crippen molar-refractivity contribution in [2.24, 2.45) is 0 Å². The number of amides is 2. The van der Waals surface area contributed by atoms with Crippen molar-refractivity contribution < 1.29 is 14.3 Å². The van der Waals surface area contributed by atoms with E-state index in [2.05, 4.69) is 10.6 Å². The molecule has 106 valence electrons. The molecule has 0 atom stereocenters.